The van der Waals surface area contributed by atoms with Crippen molar-refractivity contribution >= 4 is 40.7 Å². The Hall–Kier alpha value is -1.10. The van der Waals surface area contributed by atoms with Gasteiger partial charge in [-0.1, -0.05) is 29.3 Å². The predicted octanol–water partition coefficient (Wildman–Crippen LogP) is 2.72. The number of imide groups is 1. The van der Waals surface area contributed by atoms with Crippen LogP contribution in [0.1, 0.15) is 19.3 Å². The average Bonchev–Trinajstić information content (AvgIpc) is 3.02. The van der Waals surface area contributed by atoms with E-state index in [9.17, 15) is 9.59 Å². The first-order chi connectivity index (χ1) is 9.59. The number of carbonyl (C=O) groups is 2. The fraction of sp³-hybridized carbons (Fsp3) is 0.429. The lowest BCUT2D eigenvalue weighted by Crippen LogP contribution is -2.40. The topological polar surface area (TPSA) is 40.6 Å². The summed E-state index contributed by atoms with van der Waals surface area (Å²) in [7, 11) is 0. The van der Waals surface area contributed by atoms with Gasteiger partial charge in [-0.05, 0) is 38.1 Å². The Balaban J connectivity index is 1.92. The number of nitrogens with zero attached hydrogens (tertiary/aromatic N) is 2. The van der Waals surface area contributed by atoms with Crippen LogP contribution in [0.5, 0.6) is 0 Å². The molecule has 2 saturated heterocycles. The number of anilines is 1. The van der Waals surface area contributed by atoms with Crippen molar-refractivity contribution in [3.8, 4) is 0 Å². The van der Waals surface area contributed by atoms with Gasteiger partial charge in [0, 0.05) is 0 Å². The minimum atomic E-state index is -0.347. The molecule has 0 aromatic heterocycles. The third-order valence-corrected chi connectivity index (χ3v) is 4.69. The molecule has 0 spiro atoms. The second-order valence-corrected chi connectivity index (χ2v) is 5.89. The van der Waals surface area contributed by atoms with Crippen molar-refractivity contribution in [1.82, 2.24) is 4.90 Å². The molecule has 2 fully saturated rings. The van der Waals surface area contributed by atoms with Gasteiger partial charge in [-0.3, -0.25) is 14.5 Å². The number of likely N-dealkylation sites (tertiary alicyclic amines) is 1. The number of hydrogen-bond acceptors (Lipinski definition) is 3. The Morgan fingerprint density at radius 3 is 2.50 bits per heavy atom. The van der Waals surface area contributed by atoms with E-state index in [-0.39, 0.29) is 29.3 Å². The standard InChI is InChI=1S/C14H14Cl2N2O2/c15-9-4-3-5-10(13(9)16)18-12(19)8-11(14(18)20)17-6-1-2-7-17/h3-5,11H,1-2,6-8H2/t11-/m1/s1. The number of benzene rings is 1. The van der Waals surface area contributed by atoms with Crippen LogP contribution in [0.4, 0.5) is 5.69 Å². The third kappa shape index (κ3) is 2.22. The summed E-state index contributed by atoms with van der Waals surface area (Å²) in [6.07, 6.45) is 2.38. The third-order valence-electron chi connectivity index (χ3n) is 3.88. The summed E-state index contributed by atoms with van der Waals surface area (Å²) in [5.41, 5.74) is 0.385. The van der Waals surface area contributed by atoms with Crippen LogP contribution in [0, 0.1) is 0 Å². The second kappa shape index (κ2) is 5.35. The number of hydrogen-bond donors (Lipinski definition) is 0. The minimum absolute atomic E-state index is 0.193. The van der Waals surface area contributed by atoms with E-state index in [2.05, 4.69) is 4.90 Å². The molecule has 1 aromatic rings. The van der Waals surface area contributed by atoms with Crippen LogP contribution in [-0.2, 0) is 9.59 Å². The first-order valence-corrected chi connectivity index (χ1v) is 7.40. The molecule has 1 aromatic carbocycles. The maximum Gasteiger partial charge on any atom is 0.251 e. The van der Waals surface area contributed by atoms with Crippen LogP contribution < -0.4 is 4.90 Å². The van der Waals surface area contributed by atoms with Crippen molar-refractivity contribution in [2.24, 2.45) is 0 Å². The van der Waals surface area contributed by atoms with Gasteiger partial charge in [0.25, 0.3) is 5.91 Å². The van der Waals surface area contributed by atoms with E-state index >= 15 is 0 Å². The van der Waals surface area contributed by atoms with Crippen LogP contribution in [0.25, 0.3) is 0 Å². The summed E-state index contributed by atoms with van der Waals surface area (Å²) in [5.74, 6) is -0.405. The van der Waals surface area contributed by atoms with Crippen molar-refractivity contribution in [2.45, 2.75) is 25.3 Å². The smallest absolute Gasteiger partial charge is 0.251 e. The summed E-state index contributed by atoms with van der Waals surface area (Å²) < 4.78 is 0. The van der Waals surface area contributed by atoms with Crippen molar-refractivity contribution in [2.75, 3.05) is 18.0 Å². The molecule has 106 valence electrons. The van der Waals surface area contributed by atoms with Gasteiger partial charge in [-0.2, -0.15) is 0 Å². The molecule has 4 nitrogen and oxygen atoms in total. The summed E-state index contributed by atoms with van der Waals surface area (Å²) in [6.45, 7) is 1.75. The fourth-order valence-corrected chi connectivity index (χ4v) is 3.25. The highest BCUT2D eigenvalue weighted by Crippen LogP contribution is 2.36. The Labute approximate surface area is 127 Å². The van der Waals surface area contributed by atoms with Gasteiger partial charge in [-0.15, -0.1) is 0 Å². The summed E-state index contributed by atoms with van der Waals surface area (Å²) >= 11 is 12.1. The minimum Gasteiger partial charge on any atom is -0.292 e. The molecular weight excluding hydrogens is 299 g/mol. The van der Waals surface area contributed by atoms with E-state index < -0.39 is 0 Å². The maximum atomic E-state index is 12.5. The zero-order valence-electron chi connectivity index (χ0n) is 10.8. The Morgan fingerprint density at radius 1 is 1.10 bits per heavy atom. The van der Waals surface area contributed by atoms with Gasteiger partial charge in [0.2, 0.25) is 5.91 Å². The van der Waals surface area contributed by atoms with E-state index in [1.54, 1.807) is 18.2 Å². The highest BCUT2D eigenvalue weighted by molar-refractivity contribution is 6.44. The van der Waals surface area contributed by atoms with Crippen molar-refractivity contribution in [3.63, 3.8) is 0 Å². The SMILES string of the molecule is O=C1C[C@@H](N2CCCC2)C(=O)N1c1cccc(Cl)c1Cl. The molecule has 0 aliphatic carbocycles. The molecule has 2 heterocycles. The number of rotatable bonds is 2. The quantitative estimate of drug-likeness (QED) is 0.788. The number of amides is 2. The zero-order valence-corrected chi connectivity index (χ0v) is 12.3. The molecule has 0 N–H and O–H groups in total. The van der Waals surface area contributed by atoms with Gasteiger partial charge in [0.15, 0.2) is 0 Å². The van der Waals surface area contributed by atoms with Crippen LogP contribution in [0.15, 0.2) is 18.2 Å². The first-order valence-electron chi connectivity index (χ1n) is 6.64. The lowest BCUT2D eigenvalue weighted by atomic mass is 10.2. The molecule has 1 atom stereocenters. The van der Waals surface area contributed by atoms with E-state index in [4.69, 9.17) is 23.2 Å². The molecular formula is C14H14Cl2N2O2. The molecule has 3 rings (SSSR count). The molecule has 2 amide bonds. The molecule has 0 bridgehead atoms. The average molecular weight is 313 g/mol. The predicted molar refractivity (Wildman–Crippen MR) is 78.2 cm³/mol. The molecule has 0 unspecified atom stereocenters. The molecule has 0 radical (unpaired) electrons. The van der Waals surface area contributed by atoms with Gasteiger partial charge < -0.3 is 0 Å². The first kappa shape index (κ1) is 13.9. The highest BCUT2D eigenvalue weighted by Gasteiger charge is 2.43. The summed E-state index contributed by atoms with van der Waals surface area (Å²) in [6, 6.07) is 4.63. The van der Waals surface area contributed by atoms with E-state index in [0.717, 1.165) is 25.9 Å². The molecule has 0 saturated carbocycles. The molecule has 6 heteroatoms. The molecule has 2 aliphatic heterocycles. The number of halogens is 2. The second-order valence-electron chi connectivity index (χ2n) is 5.10. The van der Waals surface area contributed by atoms with E-state index in [1.807, 2.05) is 0 Å². The normalized spacial score (nSPS) is 23.9. The molecule has 2 aliphatic rings. The zero-order chi connectivity index (χ0) is 14.3. The van der Waals surface area contributed by atoms with Crippen molar-refractivity contribution < 1.29 is 9.59 Å². The van der Waals surface area contributed by atoms with Crippen LogP contribution in [0.3, 0.4) is 0 Å². The van der Waals surface area contributed by atoms with Crippen molar-refractivity contribution in [3.05, 3.63) is 28.2 Å². The van der Waals surface area contributed by atoms with Gasteiger partial charge in [0.1, 0.15) is 0 Å². The van der Waals surface area contributed by atoms with E-state index in [0.29, 0.717) is 10.7 Å². The summed E-state index contributed by atoms with van der Waals surface area (Å²) in [5, 5.41) is 0.590. The van der Waals surface area contributed by atoms with Crippen LogP contribution in [0.2, 0.25) is 10.0 Å². The maximum absolute atomic E-state index is 12.5. The Morgan fingerprint density at radius 2 is 1.80 bits per heavy atom. The monoisotopic (exact) mass is 312 g/mol. The molecule has 20 heavy (non-hydrogen) atoms. The van der Waals surface area contributed by atoms with E-state index in [1.165, 1.54) is 4.90 Å². The Kier molecular flexibility index (Phi) is 3.71. The summed E-state index contributed by atoms with van der Waals surface area (Å²) in [4.78, 5) is 28.0. The van der Waals surface area contributed by atoms with Crippen LogP contribution in [-0.4, -0.2) is 35.8 Å². The number of carbonyl (C=O) groups excluding carboxylic acids is 2. The van der Waals surface area contributed by atoms with Crippen molar-refractivity contribution in [1.29, 1.82) is 0 Å². The van der Waals surface area contributed by atoms with Gasteiger partial charge >= 0.3 is 0 Å². The van der Waals surface area contributed by atoms with Gasteiger partial charge in [0.05, 0.1) is 28.2 Å². The lowest BCUT2D eigenvalue weighted by molar-refractivity contribution is -0.122. The highest BCUT2D eigenvalue weighted by atomic mass is 35.5. The van der Waals surface area contributed by atoms with Gasteiger partial charge in [-0.25, -0.2) is 4.90 Å². The fourth-order valence-electron chi connectivity index (χ4n) is 2.87. The Bertz CT molecular complexity index is 570. The van der Waals surface area contributed by atoms with Crippen LogP contribution >= 0.6 is 23.2 Å². The largest absolute Gasteiger partial charge is 0.292 e. The lowest BCUT2D eigenvalue weighted by Gasteiger charge is -2.22.